The zero-order chi connectivity index (χ0) is 21.1. The Labute approximate surface area is 178 Å². The molecule has 3 aromatic carbocycles. The van der Waals surface area contributed by atoms with Gasteiger partial charge in [0.2, 0.25) is 0 Å². The number of nitriles is 1. The number of hydrogen-bond donors (Lipinski definition) is 1. The lowest BCUT2D eigenvalue weighted by molar-refractivity contribution is 0.0767. The van der Waals surface area contributed by atoms with Gasteiger partial charge >= 0.3 is 0 Å². The Kier molecular flexibility index (Phi) is 5.57. The quantitative estimate of drug-likeness (QED) is 0.655. The van der Waals surface area contributed by atoms with E-state index in [1.165, 1.54) is 0 Å². The summed E-state index contributed by atoms with van der Waals surface area (Å²) in [6, 6.07) is 23.5. The van der Waals surface area contributed by atoms with E-state index in [0.29, 0.717) is 11.1 Å². The fourth-order valence-corrected chi connectivity index (χ4v) is 4.96. The number of nitrogens with zero attached hydrogens (tertiary/aromatic N) is 2. The normalized spacial score (nSPS) is 16.3. The first-order chi connectivity index (χ1) is 14.6. The molecule has 0 spiro atoms. The molecular weight excluding hydrogens is 370 g/mol. The van der Waals surface area contributed by atoms with E-state index < -0.39 is 0 Å². The fourth-order valence-electron chi connectivity index (χ4n) is 4.96. The average Bonchev–Trinajstić information content (AvgIpc) is 3.28. The number of amides is 1. The Hall–Kier alpha value is -3.16. The summed E-state index contributed by atoms with van der Waals surface area (Å²) in [6.45, 7) is 0. The van der Waals surface area contributed by atoms with Gasteiger partial charge in [-0.3, -0.25) is 4.79 Å². The van der Waals surface area contributed by atoms with Crippen LogP contribution < -0.4 is 5.32 Å². The van der Waals surface area contributed by atoms with Crippen LogP contribution in [0.3, 0.4) is 0 Å². The van der Waals surface area contributed by atoms with Crippen molar-refractivity contribution in [3.8, 4) is 6.07 Å². The number of hydrogen-bond acceptors (Lipinski definition) is 3. The minimum atomic E-state index is -0.113. The molecule has 0 saturated heterocycles. The molecule has 1 N–H and O–H groups in total. The van der Waals surface area contributed by atoms with Crippen LogP contribution in [0.25, 0.3) is 10.8 Å². The second-order valence-corrected chi connectivity index (χ2v) is 8.34. The molecule has 1 atom stereocenters. The highest BCUT2D eigenvalue weighted by molar-refractivity contribution is 6.08. The van der Waals surface area contributed by atoms with Crippen molar-refractivity contribution in [2.45, 2.75) is 37.3 Å². The molecule has 1 fully saturated rings. The highest BCUT2D eigenvalue weighted by Gasteiger charge is 2.44. The number of rotatable bonds is 5. The topological polar surface area (TPSA) is 56.1 Å². The van der Waals surface area contributed by atoms with Gasteiger partial charge in [0.15, 0.2) is 0 Å². The molecule has 0 heterocycles. The van der Waals surface area contributed by atoms with Gasteiger partial charge in [-0.1, -0.05) is 67.4 Å². The van der Waals surface area contributed by atoms with Crippen LogP contribution in [-0.4, -0.2) is 30.4 Å². The molecular formula is C26H27N3O. The molecule has 0 bridgehead atoms. The molecule has 0 radical (unpaired) electrons. The van der Waals surface area contributed by atoms with Crippen LogP contribution in [0.2, 0.25) is 0 Å². The first-order valence-electron chi connectivity index (χ1n) is 10.5. The second kappa shape index (κ2) is 8.30. The smallest absolute Gasteiger partial charge is 0.252 e. The van der Waals surface area contributed by atoms with E-state index in [1.54, 1.807) is 12.1 Å². The lowest BCUT2D eigenvalue weighted by Crippen LogP contribution is -2.53. The van der Waals surface area contributed by atoms with Gasteiger partial charge in [-0.15, -0.1) is 0 Å². The average molecular weight is 398 g/mol. The van der Waals surface area contributed by atoms with Crippen molar-refractivity contribution in [3.63, 3.8) is 0 Å². The molecule has 3 aromatic rings. The second-order valence-electron chi connectivity index (χ2n) is 8.34. The van der Waals surface area contributed by atoms with E-state index in [9.17, 15) is 10.1 Å². The zero-order valence-corrected chi connectivity index (χ0v) is 17.6. The van der Waals surface area contributed by atoms with Gasteiger partial charge in [-0.2, -0.15) is 5.26 Å². The van der Waals surface area contributed by atoms with Gasteiger partial charge in [0.05, 0.1) is 17.7 Å². The number of likely N-dealkylation sites (N-methyl/N-ethyl adjacent to an activating group) is 1. The third kappa shape index (κ3) is 3.46. The summed E-state index contributed by atoms with van der Waals surface area (Å²) >= 11 is 0. The molecule has 1 aliphatic carbocycles. The van der Waals surface area contributed by atoms with E-state index in [1.807, 2.05) is 42.5 Å². The molecule has 1 unspecified atom stereocenters. The molecule has 1 saturated carbocycles. The molecule has 4 heteroatoms. The Morgan fingerprint density at radius 1 is 0.967 bits per heavy atom. The molecule has 4 nitrogen and oxygen atoms in total. The van der Waals surface area contributed by atoms with E-state index in [-0.39, 0.29) is 17.5 Å². The van der Waals surface area contributed by atoms with Crippen molar-refractivity contribution in [1.29, 1.82) is 5.26 Å². The maximum Gasteiger partial charge on any atom is 0.252 e. The summed E-state index contributed by atoms with van der Waals surface area (Å²) in [4.78, 5) is 15.8. The molecule has 4 rings (SSSR count). The van der Waals surface area contributed by atoms with Crippen LogP contribution >= 0.6 is 0 Å². The maximum atomic E-state index is 13.6. The Balaban J connectivity index is 1.77. The van der Waals surface area contributed by atoms with Crippen molar-refractivity contribution >= 4 is 16.7 Å². The summed E-state index contributed by atoms with van der Waals surface area (Å²) in [5.41, 5.74) is 2.21. The van der Waals surface area contributed by atoms with Crippen LogP contribution in [0.4, 0.5) is 0 Å². The molecule has 1 aliphatic rings. The van der Waals surface area contributed by atoms with Crippen molar-refractivity contribution in [2.75, 3.05) is 14.1 Å². The first kappa shape index (κ1) is 20.1. The van der Waals surface area contributed by atoms with Crippen molar-refractivity contribution < 1.29 is 4.79 Å². The van der Waals surface area contributed by atoms with Crippen LogP contribution in [0.5, 0.6) is 0 Å². The van der Waals surface area contributed by atoms with Gasteiger partial charge in [0.25, 0.3) is 5.91 Å². The van der Waals surface area contributed by atoms with Crippen molar-refractivity contribution in [2.24, 2.45) is 0 Å². The molecule has 0 aliphatic heterocycles. The largest absolute Gasteiger partial charge is 0.343 e. The van der Waals surface area contributed by atoms with Crippen LogP contribution in [0.15, 0.2) is 66.7 Å². The first-order valence-corrected chi connectivity index (χ1v) is 10.5. The van der Waals surface area contributed by atoms with Crippen LogP contribution in [-0.2, 0) is 0 Å². The predicted molar refractivity (Wildman–Crippen MR) is 120 cm³/mol. The highest BCUT2D eigenvalue weighted by atomic mass is 16.1. The lowest BCUT2D eigenvalue weighted by Gasteiger charge is -2.44. The lowest BCUT2D eigenvalue weighted by atomic mass is 9.82. The van der Waals surface area contributed by atoms with Gasteiger partial charge < -0.3 is 10.2 Å². The minimum absolute atomic E-state index is 0.0994. The van der Waals surface area contributed by atoms with Gasteiger partial charge in [0, 0.05) is 16.5 Å². The fraction of sp³-hybridized carbons (Fsp3) is 0.308. The zero-order valence-electron chi connectivity index (χ0n) is 17.6. The summed E-state index contributed by atoms with van der Waals surface area (Å²) in [5.74, 6) is -0.0994. The summed E-state index contributed by atoms with van der Waals surface area (Å²) in [7, 11) is 4.23. The van der Waals surface area contributed by atoms with E-state index in [0.717, 1.165) is 42.0 Å². The SMILES string of the molecule is CN(C)C1(C(NC(=O)c2ccc(C#N)c3ccccc23)c2ccccc2)CCCC1. The summed E-state index contributed by atoms with van der Waals surface area (Å²) < 4.78 is 0. The minimum Gasteiger partial charge on any atom is -0.343 e. The molecule has 30 heavy (non-hydrogen) atoms. The third-order valence-corrected chi connectivity index (χ3v) is 6.59. The Bertz CT molecular complexity index is 1090. The highest BCUT2D eigenvalue weighted by Crippen LogP contribution is 2.43. The van der Waals surface area contributed by atoms with E-state index >= 15 is 0 Å². The third-order valence-electron chi connectivity index (χ3n) is 6.59. The molecule has 0 aromatic heterocycles. The van der Waals surface area contributed by atoms with Gasteiger partial charge in [-0.25, -0.2) is 0 Å². The number of nitrogens with one attached hydrogen (secondary N) is 1. The Morgan fingerprint density at radius 2 is 1.60 bits per heavy atom. The van der Waals surface area contributed by atoms with Crippen molar-refractivity contribution in [1.82, 2.24) is 10.2 Å². The molecule has 152 valence electrons. The predicted octanol–water partition coefficient (Wildman–Crippen LogP) is 5.06. The van der Waals surface area contributed by atoms with Crippen LogP contribution in [0.1, 0.15) is 53.2 Å². The van der Waals surface area contributed by atoms with Gasteiger partial charge in [-0.05, 0) is 50.0 Å². The van der Waals surface area contributed by atoms with Gasteiger partial charge in [0.1, 0.15) is 0 Å². The van der Waals surface area contributed by atoms with Crippen molar-refractivity contribution in [3.05, 3.63) is 83.4 Å². The number of fused-ring (bicyclic) bond motifs is 1. The number of benzene rings is 3. The number of carbonyl (C=O) groups is 1. The van der Waals surface area contributed by atoms with E-state index in [2.05, 4.69) is 42.5 Å². The Morgan fingerprint density at radius 3 is 2.23 bits per heavy atom. The molecule has 1 amide bonds. The van der Waals surface area contributed by atoms with E-state index in [4.69, 9.17) is 0 Å². The maximum absolute atomic E-state index is 13.6. The summed E-state index contributed by atoms with van der Waals surface area (Å²) in [6.07, 6.45) is 4.43. The number of carbonyl (C=O) groups excluding carboxylic acids is 1. The summed E-state index contributed by atoms with van der Waals surface area (Å²) in [5, 5.41) is 14.4. The van der Waals surface area contributed by atoms with Crippen LogP contribution in [0, 0.1) is 11.3 Å². The standard InChI is InChI=1S/C26H27N3O/c1-29(2)26(16-8-9-17-26)24(19-10-4-3-5-11-19)28-25(30)23-15-14-20(18-27)21-12-6-7-13-22(21)23/h3-7,10-15,24H,8-9,16-17H2,1-2H3,(H,28,30). The monoisotopic (exact) mass is 397 g/mol.